The Morgan fingerprint density at radius 3 is 0.797 bits per heavy atom. The molecule has 5 heterocycles. The average molecular weight is 911 g/mol. The lowest BCUT2D eigenvalue weighted by Gasteiger charge is -2.12. The Balaban J connectivity index is 1.46. The Bertz CT molecular complexity index is 2630. The zero-order valence-electron chi connectivity index (χ0n) is 37.0. The maximum Gasteiger partial charge on any atom is 0.0737 e. The number of aromatic nitrogens is 4. The molecule has 7 aromatic rings. The van der Waals surface area contributed by atoms with Gasteiger partial charge in [0, 0.05) is 63.9 Å². The van der Waals surface area contributed by atoms with Crippen molar-refractivity contribution in [1.82, 2.24) is 19.9 Å². The molecule has 0 amide bonds. The smallest absolute Gasteiger partial charge is 0.0737 e. The van der Waals surface area contributed by atoms with Gasteiger partial charge in [-0.2, -0.15) is 0 Å². The van der Waals surface area contributed by atoms with E-state index < -0.39 is 0 Å². The quantitative estimate of drug-likeness (QED) is 0.0942. The molecule has 2 N–H and O–H groups in total. The molecule has 0 aliphatic carbocycles. The van der Waals surface area contributed by atoms with Crippen LogP contribution in [0.3, 0.4) is 0 Å². The lowest BCUT2D eigenvalue weighted by molar-refractivity contribution is 1.10. The summed E-state index contributed by atoms with van der Waals surface area (Å²) in [5.74, 6) is 4.15. The summed E-state index contributed by atoms with van der Waals surface area (Å²) in [6.07, 6.45) is 13.3. The SMILES string of the molecule is CCCSc1ccccc1-c1c2nc(c(-c3ccccc3SCCC)c3ccc([nH]3)c(-c3ccccc3SCCC)c3nc(c(-c4ccccc4SCCC)c4ccc1[nH]4)C=C3)C=C2. The third-order valence-corrected chi connectivity index (χ3v) is 16.3. The third kappa shape index (κ3) is 9.21. The van der Waals surface area contributed by atoms with Gasteiger partial charge in [0.2, 0.25) is 0 Å². The standard InChI is InChI=1S/C56H54N4S4/c1-5-33-61-49-21-13-9-17-37(49)53-41-25-27-43(57-41)54(38-18-10-14-22-50(38)62-34-6-2)45-29-31-47(59-45)56(40-20-12-16-24-52(40)64-36-8-4)48-32-30-46(60-48)55(44-28-26-42(53)58-44)39-19-11-15-23-51(39)63-35-7-3/h9-32,57,60H,5-8,33-36H2,1-4H3. The van der Waals surface area contributed by atoms with Crippen molar-refractivity contribution in [2.75, 3.05) is 23.0 Å². The Hall–Kier alpha value is -5.12. The minimum absolute atomic E-state index is 0.936. The van der Waals surface area contributed by atoms with Gasteiger partial charge in [0.05, 0.1) is 22.8 Å². The molecule has 3 aromatic heterocycles. The highest BCUT2D eigenvalue weighted by atomic mass is 32.2. The van der Waals surface area contributed by atoms with E-state index in [-0.39, 0.29) is 0 Å². The van der Waals surface area contributed by atoms with Gasteiger partial charge in [0.1, 0.15) is 0 Å². The van der Waals surface area contributed by atoms with Crippen LogP contribution in [0.25, 0.3) is 90.9 Å². The molecule has 4 aromatic carbocycles. The largest absolute Gasteiger partial charge is 0.354 e. The van der Waals surface area contributed by atoms with Crippen LogP contribution in [0.2, 0.25) is 0 Å². The summed E-state index contributed by atoms with van der Waals surface area (Å²) in [6, 6.07) is 44.4. The van der Waals surface area contributed by atoms with Crippen LogP contribution < -0.4 is 0 Å². The van der Waals surface area contributed by atoms with Crippen LogP contribution in [0, 0.1) is 0 Å². The molecule has 2 aliphatic heterocycles. The molecule has 64 heavy (non-hydrogen) atoms. The van der Waals surface area contributed by atoms with Crippen molar-refractivity contribution in [3.8, 4) is 44.5 Å². The summed E-state index contributed by atoms with van der Waals surface area (Å²) in [5.41, 5.74) is 16.9. The molecule has 0 saturated heterocycles. The molecule has 9 rings (SSSR count). The van der Waals surface area contributed by atoms with Crippen LogP contribution in [-0.4, -0.2) is 42.9 Å². The minimum Gasteiger partial charge on any atom is -0.354 e. The van der Waals surface area contributed by atoms with Gasteiger partial charge in [0.15, 0.2) is 0 Å². The zero-order chi connectivity index (χ0) is 43.8. The zero-order valence-corrected chi connectivity index (χ0v) is 40.3. The van der Waals surface area contributed by atoms with E-state index in [4.69, 9.17) is 9.97 Å². The van der Waals surface area contributed by atoms with E-state index in [9.17, 15) is 0 Å². The van der Waals surface area contributed by atoms with Crippen molar-refractivity contribution in [1.29, 1.82) is 0 Å². The summed E-state index contributed by atoms with van der Waals surface area (Å²) in [6.45, 7) is 9.00. The molecule has 4 nitrogen and oxygen atoms in total. The van der Waals surface area contributed by atoms with Crippen LogP contribution in [0.5, 0.6) is 0 Å². The molecule has 322 valence electrons. The lowest BCUT2D eigenvalue weighted by atomic mass is 10.0. The number of aromatic amines is 2. The Labute approximate surface area is 395 Å². The Morgan fingerprint density at radius 2 is 0.562 bits per heavy atom. The summed E-state index contributed by atoms with van der Waals surface area (Å²) >= 11 is 7.66. The van der Waals surface area contributed by atoms with Gasteiger partial charge in [-0.25, -0.2) is 9.97 Å². The van der Waals surface area contributed by atoms with Gasteiger partial charge < -0.3 is 9.97 Å². The van der Waals surface area contributed by atoms with Crippen LogP contribution in [0.4, 0.5) is 0 Å². The van der Waals surface area contributed by atoms with E-state index in [0.29, 0.717) is 0 Å². The first-order valence-electron chi connectivity index (χ1n) is 22.6. The average Bonchev–Trinajstić information content (AvgIpc) is 4.19. The fraction of sp³-hybridized carbons (Fsp3) is 0.214. The van der Waals surface area contributed by atoms with Gasteiger partial charge in [-0.1, -0.05) is 100 Å². The van der Waals surface area contributed by atoms with Crippen molar-refractivity contribution < 1.29 is 0 Å². The van der Waals surface area contributed by atoms with Gasteiger partial charge in [-0.3, -0.25) is 0 Å². The Morgan fingerprint density at radius 1 is 0.328 bits per heavy atom. The normalized spacial score (nSPS) is 12.1. The second-order valence-corrected chi connectivity index (χ2v) is 20.4. The predicted octanol–water partition coefficient (Wildman–Crippen LogP) is 17.3. The molecule has 0 fully saturated rings. The number of nitrogens with zero attached hydrogens (tertiary/aromatic N) is 2. The number of nitrogens with one attached hydrogen (secondary N) is 2. The highest BCUT2D eigenvalue weighted by Crippen LogP contribution is 2.44. The van der Waals surface area contributed by atoms with Crippen molar-refractivity contribution in [3.05, 3.63) is 144 Å². The summed E-state index contributed by atoms with van der Waals surface area (Å²) in [5, 5.41) is 0. The fourth-order valence-electron chi connectivity index (χ4n) is 8.38. The molecule has 0 unspecified atom stereocenters. The van der Waals surface area contributed by atoms with Gasteiger partial charge >= 0.3 is 0 Å². The highest BCUT2D eigenvalue weighted by Gasteiger charge is 2.22. The van der Waals surface area contributed by atoms with Crippen molar-refractivity contribution in [2.24, 2.45) is 0 Å². The minimum atomic E-state index is 0.936. The molecular formula is C56H54N4S4. The number of H-pyrrole nitrogens is 2. The van der Waals surface area contributed by atoms with Crippen molar-refractivity contribution in [3.63, 3.8) is 0 Å². The highest BCUT2D eigenvalue weighted by molar-refractivity contribution is 8.00. The predicted molar refractivity (Wildman–Crippen MR) is 285 cm³/mol. The Kier molecular flexibility index (Phi) is 14.3. The molecule has 8 heteroatoms. The third-order valence-electron chi connectivity index (χ3n) is 11.2. The first-order chi connectivity index (χ1) is 31.6. The van der Waals surface area contributed by atoms with Crippen molar-refractivity contribution in [2.45, 2.75) is 73.0 Å². The van der Waals surface area contributed by atoms with E-state index in [1.807, 2.05) is 47.0 Å². The van der Waals surface area contributed by atoms with E-state index in [2.05, 4.69) is 183 Å². The molecule has 0 saturated carbocycles. The molecule has 2 aliphatic rings. The maximum atomic E-state index is 5.66. The van der Waals surface area contributed by atoms with Crippen LogP contribution >= 0.6 is 47.0 Å². The number of thioether (sulfide) groups is 4. The molecule has 0 atom stereocenters. The van der Waals surface area contributed by atoms with Crippen LogP contribution in [-0.2, 0) is 0 Å². The second kappa shape index (κ2) is 20.8. The maximum absolute atomic E-state index is 5.66. The number of fused-ring (bicyclic) bond motifs is 8. The number of hydrogen-bond acceptors (Lipinski definition) is 6. The van der Waals surface area contributed by atoms with Gasteiger partial charge in [0.25, 0.3) is 0 Å². The van der Waals surface area contributed by atoms with Crippen LogP contribution in [0.1, 0.15) is 76.2 Å². The fourth-order valence-corrected chi connectivity index (χ4v) is 12.1. The second-order valence-electron chi connectivity index (χ2n) is 15.9. The molecule has 0 spiro atoms. The number of rotatable bonds is 16. The lowest BCUT2D eigenvalue weighted by Crippen LogP contribution is -1.92. The monoisotopic (exact) mass is 910 g/mol. The number of benzene rings is 4. The molecule has 0 radical (unpaired) electrons. The molecule has 8 bridgehead atoms. The molecular weight excluding hydrogens is 857 g/mol. The van der Waals surface area contributed by atoms with Crippen molar-refractivity contribution >= 4 is 93.4 Å². The van der Waals surface area contributed by atoms with Crippen LogP contribution in [0.15, 0.2) is 141 Å². The van der Waals surface area contributed by atoms with E-state index in [0.717, 1.165) is 116 Å². The van der Waals surface area contributed by atoms with E-state index >= 15 is 0 Å². The number of hydrogen-bond donors (Lipinski definition) is 2. The van der Waals surface area contributed by atoms with Gasteiger partial charge in [-0.15, -0.1) is 47.0 Å². The summed E-state index contributed by atoms with van der Waals surface area (Å²) in [7, 11) is 0. The topological polar surface area (TPSA) is 57.4 Å². The summed E-state index contributed by atoms with van der Waals surface area (Å²) < 4.78 is 0. The first-order valence-corrected chi connectivity index (χ1v) is 26.6. The van der Waals surface area contributed by atoms with E-state index in [1.165, 1.54) is 41.8 Å². The first kappa shape index (κ1) is 44.1. The van der Waals surface area contributed by atoms with Gasteiger partial charge in [-0.05, 0) is 144 Å². The van der Waals surface area contributed by atoms with E-state index in [1.54, 1.807) is 0 Å². The summed E-state index contributed by atoms with van der Waals surface area (Å²) in [4.78, 5) is 24.3.